The molecule has 5 heteroatoms. The fourth-order valence-corrected chi connectivity index (χ4v) is 1.82. The molecule has 1 atom stereocenters. The van der Waals surface area contributed by atoms with E-state index in [1.807, 2.05) is 35.9 Å². The number of hydrogen-bond acceptors (Lipinski definition) is 4. The average Bonchev–Trinajstić information content (AvgIpc) is 2.91. The lowest BCUT2D eigenvalue weighted by atomic mass is 10.1. The van der Waals surface area contributed by atoms with Crippen LogP contribution in [0.4, 0.5) is 0 Å². The Labute approximate surface area is 113 Å². The van der Waals surface area contributed by atoms with E-state index in [2.05, 4.69) is 4.98 Å². The first-order chi connectivity index (χ1) is 9.20. The van der Waals surface area contributed by atoms with Gasteiger partial charge < -0.3 is 19.8 Å². The van der Waals surface area contributed by atoms with E-state index in [0.717, 1.165) is 23.6 Å². The Kier molecular flexibility index (Phi) is 4.41. The SMILES string of the molecule is COc1ccc(C(C)N)c(OCCn2ccnc2)c1. The number of aromatic nitrogens is 2. The molecule has 0 amide bonds. The minimum Gasteiger partial charge on any atom is -0.497 e. The molecule has 0 aliphatic rings. The van der Waals surface area contributed by atoms with Gasteiger partial charge in [0.05, 0.1) is 20.0 Å². The molecule has 0 saturated carbocycles. The summed E-state index contributed by atoms with van der Waals surface area (Å²) < 4.78 is 13.0. The van der Waals surface area contributed by atoms with Crippen molar-refractivity contribution in [3.05, 3.63) is 42.5 Å². The van der Waals surface area contributed by atoms with Crippen molar-refractivity contribution < 1.29 is 9.47 Å². The van der Waals surface area contributed by atoms with Crippen LogP contribution >= 0.6 is 0 Å². The van der Waals surface area contributed by atoms with Crippen molar-refractivity contribution in [2.45, 2.75) is 19.5 Å². The van der Waals surface area contributed by atoms with E-state index in [0.29, 0.717) is 6.61 Å². The molecule has 1 aromatic carbocycles. The van der Waals surface area contributed by atoms with E-state index in [1.54, 1.807) is 19.6 Å². The van der Waals surface area contributed by atoms with Gasteiger partial charge in [0.15, 0.2) is 0 Å². The highest BCUT2D eigenvalue weighted by atomic mass is 16.5. The molecule has 102 valence electrons. The van der Waals surface area contributed by atoms with Crippen LogP contribution in [0.1, 0.15) is 18.5 Å². The van der Waals surface area contributed by atoms with Gasteiger partial charge in [0.1, 0.15) is 18.1 Å². The number of rotatable bonds is 6. The maximum atomic E-state index is 5.94. The molecule has 0 radical (unpaired) electrons. The van der Waals surface area contributed by atoms with Crippen molar-refractivity contribution >= 4 is 0 Å². The van der Waals surface area contributed by atoms with Crippen molar-refractivity contribution in [1.29, 1.82) is 0 Å². The normalized spacial score (nSPS) is 12.2. The van der Waals surface area contributed by atoms with Crippen LogP contribution < -0.4 is 15.2 Å². The van der Waals surface area contributed by atoms with Crippen LogP contribution in [0, 0.1) is 0 Å². The van der Waals surface area contributed by atoms with Crippen LogP contribution in [0.25, 0.3) is 0 Å². The summed E-state index contributed by atoms with van der Waals surface area (Å²) in [7, 11) is 1.64. The third-order valence-electron chi connectivity index (χ3n) is 2.88. The van der Waals surface area contributed by atoms with E-state index in [1.165, 1.54) is 0 Å². The first kappa shape index (κ1) is 13.4. The first-order valence-corrected chi connectivity index (χ1v) is 6.22. The maximum Gasteiger partial charge on any atom is 0.127 e. The largest absolute Gasteiger partial charge is 0.497 e. The minimum absolute atomic E-state index is 0.0749. The van der Waals surface area contributed by atoms with Gasteiger partial charge >= 0.3 is 0 Å². The Morgan fingerprint density at radius 1 is 1.42 bits per heavy atom. The number of nitrogens with two attached hydrogens (primary N) is 1. The summed E-state index contributed by atoms with van der Waals surface area (Å²) in [5.74, 6) is 1.54. The molecule has 19 heavy (non-hydrogen) atoms. The molecule has 0 spiro atoms. The number of ether oxygens (including phenoxy) is 2. The second-order valence-corrected chi connectivity index (χ2v) is 4.34. The highest BCUT2D eigenvalue weighted by molar-refractivity contribution is 5.42. The molecular weight excluding hydrogens is 242 g/mol. The molecular formula is C14H19N3O2. The van der Waals surface area contributed by atoms with Gasteiger partial charge in [0.2, 0.25) is 0 Å². The van der Waals surface area contributed by atoms with E-state index < -0.39 is 0 Å². The highest BCUT2D eigenvalue weighted by Gasteiger charge is 2.09. The van der Waals surface area contributed by atoms with E-state index in [9.17, 15) is 0 Å². The fraction of sp³-hybridized carbons (Fsp3) is 0.357. The third kappa shape index (κ3) is 3.48. The van der Waals surface area contributed by atoms with Gasteiger partial charge in [0.25, 0.3) is 0 Å². The third-order valence-corrected chi connectivity index (χ3v) is 2.88. The molecule has 1 heterocycles. The average molecular weight is 261 g/mol. The second-order valence-electron chi connectivity index (χ2n) is 4.34. The van der Waals surface area contributed by atoms with E-state index in [-0.39, 0.29) is 6.04 Å². The van der Waals surface area contributed by atoms with Gasteiger partial charge in [-0.1, -0.05) is 6.07 Å². The summed E-state index contributed by atoms with van der Waals surface area (Å²) in [5, 5.41) is 0. The zero-order chi connectivity index (χ0) is 13.7. The Balaban J connectivity index is 2.04. The molecule has 0 fully saturated rings. The molecule has 1 aromatic heterocycles. The van der Waals surface area contributed by atoms with Gasteiger partial charge in [-0.25, -0.2) is 4.98 Å². The van der Waals surface area contributed by atoms with Crippen molar-refractivity contribution in [3.8, 4) is 11.5 Å². The molecule has 5 nitrogen and oxygen atoms in total. The number of benzene rings is 1. The van der Waals surface area contributed by atoms with E-state index >= 15 is 0 Å². The molecule has 2 rings (SSSR count). The molecule has 2 aromatic rings. The zero-order valence-corrected chi connectivity index (χ0v) is 11.2. The Morgan fingerprint density at radius 2 is 2.26 bits per heavy atom. The standard InChI is InChI=1S/C14H19N3O2/c1-11(15)13-4-3-12(18-2)9-14(13)19-8-7-17-6-5-16-10-17/h3-6,9-11H,7-8,15H2,1-2H3. The summed E-state index contributed by atoms with van der Waals surface area (Å²) in [6.07, 6.45) is 5.42. The Bertz CT molecular complexity index is 509. The number of nitrogens with zero attached hydrogens (tertiary/aromatic N) is 2. The number of hydrogen-bond donors (Lipinski definition) is 1. The Hall–Kier alpha value is -2.01. The lowest BCUT2D eigenvalue weighted by Gasteiger charge is -2.15. The van der Waals surface area contributed by atoms with Crippen molar-refractivity contribution in [2.75, 3.05) is 13.7 Å². The van der Waals surface area contributed by atoms with Crippen LogP contribution in [0.3, 0.4) is 0 Å². The second kappa shape index (κ2) is 6.24. The van der Waals surface area contributed by atoms with Gasteiger partial charge in [-0.3, -0.25) is 0 Å². The summed E-state index contributed by atoms with van der Waals surface area (Å²) in [4.78, 5) is 3.99. The van der Waals surface area contributed by atoms with Crippen LogP contribution in [-0.4, -0.2) is 23.3 Å². The minimum atomic E-state index is -0.0749. The van der Waals surface area contributed by atoms with Crippen LogP contribution in [-0.2, 0) is 6.54 Å². The Morgan fingerprint density at radius 3 is 2.89 bits per heavy atom. The zero-order valence-electron chi connectivity index (χ0n) is 11.2. The maximum absolute atomic E-state index is 5.94. The van der Waals surface area contributed by atoms with Crippen molar-refractivity contribution in [3.63, 3.8) is 0 Å². The lowest BCUT2D eigenvalue weighted by molar-refractivity contribution is 0.292. The predicted molar refractivity (Wildman–Crippen MR) is 73.3 cm³/mol. The van der Waals surface area contributed by atoms with Crippen LogP contribution in [0.15, 0.2) is 36.9 Å². The topological polar surface area (TPSA) is 62.3 Å². The first-order valence-electron chi connectivity index (χ1n) is 6.22. The molecule has 0 saturated heterocycles. The molecule has 0 aliphatic heterocycles. The summed E-state index contributed by atoms with van der Waals surface area (Å²) in [5.41, 5.74) is 6.91. The quantitative estimate of drug-likeness (QED) is 0.863. The summed E-state index contributed by atoms with van der Waals surface area (Å²) >= 11 is 0. The number of imidazole rings is 1. The molecule has 0 bridgehead atoms. The predicted octanol–water partition coefficient (Wildman–Crippen LogP) is 1.99. The van der Waals surface area contributed by atoms with Crippen LogP contribution in [0.2, 0.25) is 0 Å². The summed E-state index contributed by atoms with van der Waals surface area (Å²) in [6.45, 7) is 3.24. The smallest absolute Gasteiger partial charge is 0.127 e. The van der Waals surface area contributed by atoms with Gasteiger partial charge in [-0.05, 0) is 13.0 Å². The fourth-order valence-electron chi connectivity index (χ4n) is 1.82. The van der Waals surface area contributed by atoms with Gasteiger partial charge in [-0.15, -0.1) is 0 Å². The van der Waals surface area contributed by atoms with Crippen molar-refractivity contribution in [1.82, 2.24) is 9.55 Å². The lowest BCUT2D eigenvalue weighted by Crippen LogP contribution is -2.11. The molecule has 2 N–H and O–H groups in total. The van der Waals surface area contributed by atoms with Crippen LogP contribution in [0.5, 0.6) is 11.5 Å². The van der Waals surface area contributed by atoms with E-state index in [4.69, 9.17) is 15.2 Å². The summed E-state index contributed by atoms with van der Waals surface area (Å²) in [6, 6.07) is 5.62. The van der Waals surface area contributed by atoms with Gasteiger partial charge in [0, 0.05) is 30.1 Å². The monoisotopic (exact) mass is 261 g/mol. The molecule has 0 aliphatic carbocycles. The molecule has 1 unspecified atom stereocenters. The van der Waals surface area contributed by atoms with Gasteiger partial charge in [-0.2, -0.15) is 0 Å². The van der Waals surface area contributed by atoms with Crippen molar-refractivity contribution in [2.24, 2.45) is 5.73 Å². The highest BCUT2D eigenvalue weighted by Crippen LogP contribution is 2.28. The number of methoxy groups -OCH3 is 1.